The van der Waals surface area contributed by atoms with Crippen LogP contribution in [0.1, 0.15) is 0 Å². The van der Waals surface area contributed by atoms with E-state index in [0.717, 1.165) is 89.1 Å². The minimum Gasteiger partial charge on any atom is -0.310 e. The molecule has 0 aliphatic carbocycles. The highest BCUT2D eigenvalue weighted by atomic mass is 32.2. The Morgan fingerprint density at radius 2 is 0.657 bits per heavy atom. The maximum absolute atomic E-state index is 14.3. The number of anilines is 6. The summed E-state index contributed by atoms with van der Waals surface area (Å²) < 4.78 is 33.0. The van der Waals surface area contributed by atoms with E-state index >= 15 is 0 Å². The Morgan fingerprint density at radius 1 is 0.328 bits per heavy atom. The van der Waals surface area contributed by atoms with Crippen molar-refractivity contribution >= 4 is 87.6 Å². The molecule has 0 amide bonds. The van der Waals surface area contributed by atoms with Crippen molar-refractivity contribution in [2.75, 3.05) is 9.80 Å². The molecule has 4 heterocycles. The highest BCUT2D eigenvalue weighted by molar-refractivity contribution is 7.91. The quantitative estimate of drug-likeness (QED) is 0.136. The van der Waals surface area contributed by atoms with Crippen LogP contribution in [0.4, 0.5) is 34.1 Å². The van der Waals surface area contributed by atoms with Crippen molar-refractivity contribution in [3.63, 3.8) is 0 Å². The number of aromatic nitrogens is 4. The van der Waals surface area contributed by atoms with Gasteiger partial charge in [-0.25, -0.2) is 8.42 Å². The molecule has 0 saturated carbocycles. The van der Waals surface area contributed by atoms with Crippen LogP contribution in [0.3, 0.4) is 0 Å². The average molecular weight is 885 g/mol. The SMILES string of the molecule is O=S(=O)(c1ccc(-n2c3ccncc3c3cc(N(c4ccccc4)c4ccccc4)ccc32)cc1)c1ccc(-n2c3ccncc3c3cc(N(c4ccccc4)c4ccccc4)ccc32)cc1. The number of benzene rings is 8. The molecule has 8 aromatic carbocycles. The van der Waals surface area contributed by atoms with Crippen LogP contribution in [0, 0.1) is 0 Å². The number of para-hydroxylation sites is 4. The Balaban J connectivity index is 0.879. The summed E-state index contributed by atoms with van der Waals surface area (Å²) in [5, 5.41) is 4.07. The summed E-state index contributed by atoms with van der Waals surface area (Å²) >= 11 is 0. The Hall–Kier alpha value is -8.79. The fourth-order valence-electron chi connectivity index (χ4n) is 9.43. The average Bonchev–Trinajstić information content (AvgIpc) is 3.90. The van der Waals surface area contributed by atoms with Gasteiger partial charge in [0.25, 0.3) is 0 Å². The number of sulfone groups is 1. The van der Waals surface area contributed by atoms with E-state index in [9.17, 15) is 8.42 Å². The summed E-state index contributed by atoms with van der Waals surface area (Å²) in [6, 6.07) is 72.6. The fraction of sp³-hybridized carbons (Fsp3) is 0. The molecule has 0 aliphatic rings. The first-order valence-electron chi connectivity index (χ1n) is 22.0. The second-order valence-corrected chi connectivity index (χ2v) is 18.3. The van der Waals surface area contributed by atoms with Crippen LogP contribution in [0.2, 0.25) is 0 Å². The van der Waals surface area contributed by atoms with Gasteiger partial charge in [0, 0.05) is 91.8 Å². The fourth-order valence-corrected chi connectivity index (χ4v) is 10.7. The van der Waals surface area contributed by atoms with Crippen molar-refractivity contribution in [2.24, 2.45) is 0 Å². The standard InChI is InChI=1S/C58H40N6O2S/c65-67(66,49-27-21-45(22-28-49)63-55-31-25-47(37-51(55)53-39-59-35-33-57(53)63)61(41-13-5-1-6-14-41)42-15-7-2-8-16-42)50-29-23-46(24-30-50)64-56-32-26-48(38-52(56)54-40-60-36-34-58(54)64)62(43-17-9-3-10-18-43)44-19-11-4-12-20-44/h1-40H. The van der Waals surface area contributed by atoms with Gasteiger partial charge in [-0.05, 0) is 146 Å². The van der Waals surface area contributed by atoms with Crippen molar-refractivity contribution in [3.8, 4) is 11.4 Å². The summed E-state index contributed by atoms with van der Waals surface area (Å²) in [5.41, 5.74) is 11.8. The van der Waals surface area contributed by atoms with Crippen LogP contribution in [0.5, 0.6) is 0 Å². The zero-order chi connectivity index (χ0) is 44.9. The number of nitrogens with zero attached hydrogens (tertiary/aromatic N) is 6. The van der Waals surface area contributed by atoms with E-state index in [-0.39, 0.29) is 9.79 Å². The number of rotatable bonds is 10. The third kappa shape index (κ3) is 6.88. The molecule has 0 saturated heterocycles. The predicted molar refractivity (Wildman–Crippen MR) is 272 cm³/mol. The molecule has 0 aliphatic heterocycles. The third-order valence-electron chi connectivity index (χ3n) is 12.5. The number of hydrogen-bond acceptors (Lipinski definition) is 6. The molecule has 0 unspecified atom stereocenters. The minimum absolute atomic E-state index is 0.215. The molecule has 9 heteroatoms. The second-order valence-electron chi connectivity index (χ2n) is 16.4. The Kier molecular flexibility index (Phi) is 9.69. The number of pyridine rings is 2. The molecular formula is C58H40N6O2S. The predicted octanol–water partition coefficient (Wildman–Crippen LogP) is 14.4. The molecule has 0 bridgehead atoms. The summed E-state index contributed by atoms with van der Waals surface area (Å²) in [6.45, 7) is 0. The van der Waals surface area contributed by atoms with Gasteiger partial charge in [-0.2, -0.15) is 0 Å². The van der Waals surface area contributed by atoms with Crippen molar-refractivity contribution < 1.29 is 8.42 Å². The van der Waals surface area contributed by atoms with Gasteiger partial charge in [-0.15, -0.1) is 0 Å². The van der Waals surface area contributed by atoms with E-state index in [1.54, 1.807) is 36.7 Å². The molecule has 320 valence electrons. The van der Waals surface area contributed by atoms with Crippen molar-refractivity contribution in [2.45, 2.75) is 9.79 Å². The molecule has 8 nitrogen and oxygen atoms in total. The largest absolute Gasteiger partial charge is 0.310 e. The molecule has 67 heavy (non-hydrogen) atoms. The lowest BCUT2D eigenvalue weighted by molar-refractivity contribution is 0.596. The van der Waals surface area contributed by atoms with Crippen LogP contribution in [-0.4, -0.2) is 27.5 Å². The van der Waals surface area contributed by atoms with Gasteiger partial charge < -0.3 is 18.9 Å². The first-order valence-corrected chi connectivity index (χ1v) is 23.5. The van der Waals surface area contributed by atoms with E-state index in [2.05, 4.69) is 114 Å². The maximum atomic E-state index is 14.3. The van der Waals surface area contributed by atoms with Gasteiger partial charge in [0.2, 0.25) is 9.84 Å². The van der Waals surface area contributed by atoms with Crippen molar-refractivity contribution in [1.29, 1.82) is 0 Å². The van der Waals surface area contributed by atoms with Crippen LogP contribution in [-0.2, 0) is 9.84 Å². The molecular weight excluding hydrogens is 845 g/mol. The van der Waals surface area contributed by atoms with E-state index in [0.29, 0.717) is 0 Å². The highest BCUT2D eigenvalue weighted by Crippen LogP contribution is 2.41. The monoisotopic (exact) mass is 884 g/mol. The summed E-state index contributed by atoms with van der Waals surface area (Å²) in [5.74, 6) is 0. The Labute approximate surface area is 387 Å². The van der Waals surface area contributed by atoms with Crippen LogP contribution in [0.25, 0.3) is 55.0 Å². The number of fused-ring (bicyclic) bond motifs is 6. The van der Waals surface area contributed by atoms with E-state index in [1.807, 2.05) is 122 Å². The Morgan fingerprint density at radius 3 is 1.00 bits per heavy atom. The molecule has 0 spiro atoms. The van der Waals surface area contributed by atoms with Crippen LogP contribution in [0.15, 0.2) is 253 Å². The lowest BCUT2D eigenvalue weighted by atomic mass is 10.1. The van der Waals surface area contributed by atoms with Crippen molar-refractivity contribution in [1.82, 2.24) is 19.1 Å². The molecule has 0 N–H and O–H groups in total. The van der Waals surface area contributed by atoms with Gasteiger partial charge in [0.1, 0.15) is 0 Å². The first-order chi connectivity index (χ1) is 33.0. The topological polar surface area (TPSA) is 76.3 Å². The lowest BCUT2D eigenvalue weighted by Crippen LogP contribution is -2.09. The van der Waals surface area contributed by atoms with Gasteiger partial charge in [-0.3, -0.25) is 9.97 Å². The maximum Gasteiger partial charge on any atom is 0.206 e. The normalized spacial score (nSPS) is 11.7. The molecule has 12 rings (SSSR count). The molecule has 0 fully saturated rings. The minimum atomic E-state index is -3.87. The molecule has 12 aromatic rings. The second kappa shape index (κ2) is 16.3. The molecule has 4 aromatic heterocycles. The van der Waals surface area contributed by atoms with Gasteiger partial charge in [-0.1, -0.05) is 72.8 Å². The van der Waals surface area contributed by atoms with Crippen molar-refractivity contribution in [3.05, 3.63) is 243 Å². The summed E-state index contributed by atoms with van der Waals surface area (Å²) in [7, 11) is -3.87. The van der Waals surface area contributed by atoms with Crippen LogP contribution < -0.4 is 9.80 Å². The summed E-state index contributed by atoms with van der Waals surface area (Å²) in [6.07, 6.45) is 7.38. The molecule has 0 atom stereocenters. The smallest absolute Gasteiger partial charge is 0.206 e. The van der Waals surface area contributed by atoms with Gasteiger partial charge >= 0.3 is 0 Å². The van der Waals surface area contributed by atoms with E-state index in [4.69, 9.17) is 0 Å². The summed E-state index contributed by atoms with van der Waals surface area (Å²) in [4.78, 5) is 13.9. The lowest BCUT2D eigenvalue weighted by Gasteiger charge is -2.25. The van der Waals surface area contributed by atoms with Gasteiger partial charge in [0.05, 0.1) is 31.9 Å². The van der Waals surface area contributed by atoms with E-state index in [1.165, 1.54) is 0 Å². The first kappa shape index (κ1) is 39.8. The zero-order valence-electron chi connectivity index (χ0n) is 36.0. The van der Waals surface area contributed by atoms with Gasteiger partial charge in [0.15, 0.2) is 0 Å². The molecule has 0 radical (unpaired) electrons. The highest BCUT2D eigenvalue weighted by Gasteiger charge is 2.22. The Bertz CT molecular complexity index is 3530. The van der Waals surface area contributed by atoms with E-state index < -0.39 is 9.84 Å². The number of hydrogen-bond donors (Lipinski definition) is 0. The third-order valence-corrected chi connectivity index (χ3v) is 14.3. The van der Waals surface area contributed by atoms with Crippen LogP contribution >= 0.6 is 0 Å². The zero-order valence-corrected chi connectivity index (χ0v) is 36.8.